The van der Waals surface area contributed by atoms with Crippen molar-refractivity contribution in [3.8, 4) is 5.75 Å². The number of carbonyl (C=O) groups is 1. The molecule has 6 nitrogen and oxygen atoms in total. The predicted molar refractivity (Wildman–Crippen MR) is 110 cm³/mol. The molecular formula is C21H24N4O2S. The molecule has 0 saturated carbocycles. The van der Waals surface area contributed by atoms with E-state index in [0.717, 1.165) is 30.1 Å². The van der Waals surface area contributed by atoms with E-state index in [0.29, 0.717) is 13.1 Å². The molecule has 1 fully saturated rings. The molecule has 1 saturated heterocycles. The van der Waals surface area contributed by atoms with E-state index >= 15 is 0 Å². The molecule has 1 unspecified atom stereocenters. The fourth-order valence-corrected chi connectivity index (χ4v) is 4.67. The molecule has 28 heavy (non-hydrogen) atoms. The molecule has 3 heterocycles. The highest BCUT2D eigenvalue weighted by molar-refractivity contribution is 8.02. The van der Waals surface area contributed by atoms with Crippen LogP contribution in [0.2, 0.25) is 0 Å². The van der Waals surface area contributed by atoms with E-state index in [1.807, 2.05) is 58.5 Å². The minimum Gasteiger partial charge on any atom is -0.497 e. The molecule has 2 aliphatic rings. The van der Waals surface area contributed by atoms with Crippen molar-refractivity contribution >= 4 is 17.8 Å². The number of nitrogens with zero attached hydrogens (tertiary/aromatic N) is 4. The first-order valence-corrected chi connectivity index (χ1v) is 10.3. The second-order valence-electron chi connectivity index (χ2n) is 6.92. The van der Waals surface area contributed by atoms with Crippen LogP contribution in [0.3, 0.4) is 0 Å². The molecule has 0 spiro atoms. The average Bonchev–Trinajstić information content (AvgIpc) is 3.26. The number of allylic oxidation sites excluding steroid dienone is 1. The van der Waals surface area contributed by atoms with Crippen LogP contribution >= 0.6 is 11.8 Å². The Morgan fingerprint density at radius 3 is 2.68 bits per heavy atom. The molecule has 2 aromatic rings. The Morgan fingerprint density at radius 2 is 1.96 bits per heavy atom. The van der Waals surface area contributed by atoms with Crippen LogP contribution in [0.1, 0.15) is 18.2 Å². The molecule has 0 N–H and O–H groups in total. The second-order valence-corrected chi connectivity index (χ2v) is 7.85. The van der Waals surface area contributed by atoms with Gasteiger partial charge < -0.3 is 14.5 Å². The molecule has 0 bridgehead atoms. The maximum Gasteiger partial charge on any atom is 0.322 e. The number of benzene rings is 1. The van der Waals surface area contributed by atoms with Gasteiger partial charge in [0.25, 0.3) is 0 Å². The van der Waals surface area contributed by atoms with Gasteiger partial charge in [0.1, 0.15) is 5.75 Å². The standard InChI is InChI=1S/C21H24N4O2S/c1-16-15-28-21(25(16)14-18-5-3-4-10-22-18)24-12-11-23(20(24)26)13-17-6-8-19(27-2)9-7-17/h3-10,15,21H,11-14H2,1-2H3. The van der Waals surface area contributed by atoms with Gasteiger partial charge in [-0.25, -0.2) is 4.79 Å². The van der Waals surface area contributed by atoms with Crippen LogP contribution in [0.4, 0.5) is 4.79 Å². The van der Waals surface area contributed by atoms with E-state index in [-0.39, 0.29) is 11.5 Å². The Morgan fingerprint density at radius 1 is 1.14 bits per heavy atom. The summed E-state index contributed by atoms with van der Waals surface area (Å²) in [6.07, 6.45) is 1.81. The van der Waals surface area contributed by atoms with Crippen LogP contribution in [0.5, 0.6) is 5.75 Å². The monoisotopic (exact) mass is 396 g/mol. The lowest BCUT2D eigenvalue weighted by molar-refractivity contribution is 0.148. The molecule has 0 radical (unpaired) electrons. The Balaban J connectivity index is 1.43. The van der Waals surface area contributed by atoms with Gasteiger partial charge in [-0.3, -0.25) is 9.88 Å². The number of aromatic nitrogens is 1. The predicted octanol–water partition coefficient (Wildman–Crippen LogP) is 3.72. The maximum absolute atomic E-state index is 13.1. The fourth-order valence-electron chi connectivity index (χ4n) is 3.49. The highest BCUT2D eigenvalue weighted by Gasteiger charge is 2.39. The summed E-state index contributed by atoms with van der Waals surface area (Å²) >= 11 is 1.69. The molecule has 1 atom stereocenters. The van der Waals surface area contributed by atoms with Gasteiger partial charge in [-0.2, -0.15) is 0 Å². The van der Waals surface area contributed by atoms with Crippen LogP contribution in [-0.2, 0) is 13.1 Å². The van der Waals surface area contributed by atoms with Gasteiger partial charge in [-0.05, 0) is 42.2 Å². The third-order valence-electron chi connectivity index (χ3n) is 5.06. The molecule has 7 heteroatoms. The lowest BCUT2D eigenvalue weighted by Crippen LogP contribution is -2.45. The smallest absolute Gasteiger partial charge is 0.322 e. The summed E-state index contributed by atoms with van der Waals surface area (Å²) in [7, 11) is 1.66. The molecule has 4 rings (SSSR count). The highest BCUT2D eigenvalue weighted by atomic mass is 32.2. The number of rotatable bonds is 6. The van der Waals surface area contributed by atoms with E-state index in [1.54, 1.807) is 18.9 Å². The van der Waals surface area contributed by atoms with E-state index < -0.39 is 0 Å². The van der Waals surface area contributed by atoms with E-state index in [1.165, 1.54) is 5.70 Å². The SMILES string of the molecule is COc1ccc(CN2CCN(C3SC=C(C)N3Cc3ccccn3)C2=O)cc1. The van der Waals surface area contributed by atoms with E-state index in [9.17, 15) is 4.79 Å². The summed E-state index contributed by atoms with van der Waals surface area (Å²) in [5.41, 5.74) is 3.26. The molecule has 0 aliphatic carbocycles. The molecular weight excluding hydrogens is 372 g/mol. The van der Waals surface area contributed by atoms with Crippen molar-refractivity contribution in [2.45, 2.75) is 25.5 Å². The van der Waals surface area contributed by atoms with Crippen LogP contribution in [0, 0.1) is 0 Å². The van der Waals surface area contributed by atoms with E-state index in [4.69, 9.17) is 4.74 Å². The topological polar surface area (TPSA) is 48.9 Å². The number of methoxy groups -OCH3 is 1. The first-order chi connectivity index (χ1) is 13.7. The fraction of sp³-hybridized carbons (Fsp3) is 0.333. The number of amides is 2. The number of hydrogen-bond acceptors (Lipinski definition) is 5. The summed E-state index contributed by atoms with van der Waals surface area (Å²) in [5, 5.41) is 2.13. The van der Waals surface area contributed by atoms with Crippen LogP contribution in [-0.4, -0.2) is 51.4 Å². The zero-order valence-corrected chi connectivity index (χ0v) is 16.9. The third-order valence-corrected chi connectivity index (χ3v) is 6.29. The Kier molecular flexibility index (Phi) is 5.43. The first kappa shape index (κ1) is 18.7. The second kappa shape index (κ2) is 8.14. The van der Waals surface area contributed by atoms with Gasteiger partial charge in [0.05, 0.1) is 19.3 Å². The van der Waals surface area contributed by atoms with Crippen LogP contribution in [0.15, 0.2) is 59.8 Å². The van der Waals surface area contributed by atoms with Crippen molar-refractivity contribution in [1.82, 2.24) is 19.7 Å². The Bertz CT molecular complexity index is 856. The van der Waals surface area contributed by atoms with Crippen molar-refractivity contribution in [3.05, 3.63) is 71.0 Å². The third kappa shape index (κ3) is 3.80. The molecule has 1 aromatic heterocycles. The number of thioether (sulfide) groups is 1. The van der Waals surface area contributed by atoms with Crippen molar-refractivity contribution in [2.24, 2.45) is 0 Å². The van der Waals surface area contributed by atoms with Gasteiger partial charge >= 0.3 is 6.03 Å². The van der Waals surface area contributed by atoms with Crippen molar-refractivity contribution in [3.63, 3.8) is 0 Å². The highest BCUT2D eigenvalue weighted by Crippen LogP contribution is 2.36. The quantitative estimate of drug-likeness (QED) is 0.745. The minimum absolute atomic E-state index is 0.0182. The molecule has 2 amide bonds. The molecule has 146 valence electrons. The number of ether oxygens (including phenoxy) is 1. The van der Waals surface area contributed by atoms with Gasteiger partial charge in [-0.15, -0.1) is 0 Å². The van der Waals surface area contributed by atoms with Gasteiger partial charge in [0.15, 0.2) is 5.50 Å². The lowest BCUT2D eigenvalue weighted by Gasteiger charge is -2.33. The Labute approximate surface area is 169 Å². The summed E-state index contributed by atoms with van der Waals surface area (Å²) < 4.78 is 5.21. The number of carbonyl (C=O) groups excluding carboxylic acids is 1. The number of pyridine rings is 1. The lowest BCUT2D eigenvalue weighted by atomic mass is 10.2. The average molecular weight is 397 g/mol. The van der Waals surface area contributed by atoms with Crippen LogP contribution < -0.4 is 4.74 Å². The van der Waals surface area contributed by atoms with Crippen molar-refractivity contribution < 1.29 is 9.53 Å². The zero-order chi connectivity index (χ0) is 19.5. The zero-order valence-electron chi connectivity index (χ0n) is 16.1. The summed E-state index contributed by atoms with van der Waals surface area (Å²) in [5.74, 6) is 0.826. The minimum atomic E-state index is -0.0182. The van der Waals surface area contributed by atoms with Crippen LogP contribution in [0.25, 0.3) is 0 Å². The molecule has 2 aliphatic heterocycles. The van der Waals surface area contributed by atoms with E-state index in [2.05, 4.69) is 22.2 Å². The molecule has 1 aromatic carbocycles. The summed E-state index contributed by atoms with van der Waals surface area (Å²) in [4.78, 5) is 23.6. The van der Waals surface area contributed by atoms with Crippen molar-refractivity contribution in [2.75, 3.05) is 20.2 Å². The van der Waals surface area contributed by atoms with Gasteiger partial charge in [0.2, 0.25) is 0 Å². The summed E-state index contributed by atoms with van der Waals surface area (Å²) in [6, 6.07) is 13.9. The largest absolute Gasteiger partial charge is 0.497 e. The number of hydrogen-bond donors (Lipinski definition) is 0. The summed E-state index contributed by atoms with van der Waals surface area (Å²) in [6.45, 7) is 4.86. The normalized spacial score (nSPS) is 19.4. The first-order valence-electron chi connectivity index (χ1n) is 9.33. The number of urea groups is 1. The van der Waals surface area contributed by atoms with Crippen molar-refractivity contribution in [1.29, 1.82) is 0 Å². The maximum atomic E-state index is 13.1. The van der Waals surface area contributed by atoms with Gasteiger partial charge in [0, 0.05) is 31.5 Å². The van der Waals surface area contributed by atoms with Gasteiger partial charge in [-0.1, -0.05) is 30.0 Å². The Hall–Kier alpha value is -2.67.